The van der Waals surface area contributed by atoms with Crippen molar-refractivity contribution in [2.24, 2.45) is 0 Å². The van der Waals surface area contributed by atoms with Gasteiger partial charge in [-0.1, -0.05) is 11.6 Å². The van der Waals surface area contributed by atoms with E-state index in [2.05, 4.69) is 4.98 Å². The molecule has 2 aromatic rings. The molecule has 1 fully saturated rings. The van der Waals surface area contributed by atoms with Crippen LogP contribution in [0.1, 0.15) is 11.1 Å². The topological polar surface area (TPSA) is 31.4 Å². The van der Waals surface area contributed by atoms with E-state index >= 15 is 0 Å². The molecule has 1 aromatic heterocycles. The summed E-state index contributed by atoms with van der Waals surface area (Å²) in [6, 6.07) is 5.72. The first-order valence-corrected chi connectivity index (χ1v) is 6.28. The highest BCUT2D eigenvalue weighted by Gasteiger charge is 2.20. The summed E-state index contributed by atoms with van der Waals surface area (Å²) in [6.07, 6.45) is -0.0232. The molecule has 5 heteroatoms. The Bertz CT molecular complexity index is 508. The molecule has 0 saturated carbocycles. The number of benzene rings is 1. The smallest absolute Gasteiger partial charge is 0.132 e. The molecule has 2 heterocycles. The number of fused-ring (bicyclic) bond motifs is 1. The zero-order valence-corrected chi connectivity index (χ0v) is 10.1. The summed E-state index contributed by atoms with van der Waals surface area (Å²) >= 11 is 7.55. The average molecular weight is 256 g/mol. The lowest BCUT2D eigenvalue weighted by Gasteiger charge is -2.20. The van der Waals surface area contributed by atoms with E-state index in [4.69, 9.17) is 21.1 Å². The highest BCUT2D eigenvalue weighted by atomic mass is 35.5. The van der Waals surface area contributed by atoms with Gasteiger partial charge in [-0.2, -0.15) is 0 Å². The standard InChI is InChI=1S/C11H10ClNO2S/c12-7-1-2-8-10(5-7)16-11(13-8)9-6-14-3-4-15-9/h1-2,5,9H,3-4,6H2/t9-/m1/s1. The van der Waals surface area contributed by atoms with Crippen molar-refractivity contribution >= 4 is 33.2 Å². The first kappa shape index (κ1) is 10.5. The molecule has 1 aliphatic heterocycles. The minimum Gasteiger partial charge on any atom is -0.376 e. The van der Waals surface area contributed by atoms with Crippen LogP contribution in [0, 0.1) is 0 Å². The van der Waals surface area contributed by atoms with Crippen LogP contribution in [0.3, 0.4) is 0 Å². The van der Waals surface area contributed by atoms with Crippen molar-refractivity contribution in [3.8, 4) is 0 Å². The van der Waals surface area contributed by atoms with E-state index in [0.29, 0.717) is 19.8 Å². The van der Waals surface area contributed by atoms with Crippen LogP contribution < -0.4 is 0 Å². The summed E-state index contributed by atoms with van der Waals surface area (Å²) in [5, 5.41) is 1.71. The van der Waals surface area contributed by atoms with Crippen LogP contribution in [-0.2, 0) is 9.47 Å². The van der Waals surface area contributed by atoms with Gasteiger partial charge in [-0.25, -0.2) is 4.98 Å². The average Bonchev–Trinajstić information content (AvgIpc) is 2.73. The van der Waals surface area contributed by atoms with Gasteiger partial charge < -0.3 is 9.47 Å². The molecule has 1 atom stereocenters. The van der Waals surface area contributed by atoms with Gasteiger partial charge in [0.25, 0.3) is 0 Å². The Morgan fingerprint density at radius 1 is 1.38 bits per heavy atom. The van der Waals surface area contributed by atoms with Gasteiger partial charge in [-0.3, -0.25) is 0 Å². The molecule has 84 valence electrons. The van der Waals surface area contributed by atoms with E-state index in [1.165, 1.54) is 0 Å². The van der Waals surface area contributed by atoms with Gasteiger partial charge >= 0.3 is 0 Å². The molecule has 1 aliphatic rings. The highest BCUT2D eigenvalue weighted by Crippen LogP contribution is 2.31. The molecule has 0 amide bonds. The second-order valence-corrected chi connectivity index (χ2v) is 5.10. The Morgan fingerprint density at radius 2 is 2.31 bits per heavy atom. The minimum atomic E-state index is -0.0232. The fourth-order valence-electron chi connectivity index (χ4n) is 1.68. The van der Waals surface area contributed by atoms with Gasteiger partial charge in [0.2, 0.25) is 0 Å². The number of halogens is 1. The van der Waals surface area contributed by atoms with E-state index in [0.717, 1.165) is 20.2 Å². The SMILES string of the molecule is Clc1ccc2nc([C@H]3COCCO3)sc2c1. The Hall–Kier alpha value is -0.680. The lowest BCUT2D eigenvalue weighted by atomic mass is 10.3. The molecule has 0 N–H and O–H groups in total. The molecule has 0 radical (unpaired) electrons. The van der Waals surface area contributed by atoms with Crippen molar-refractivity contribution in [1.29, 1.82) is 0 Å². The third-order valence-corrected chi connectivity index (χ3v) is 3.80. The summed E-state index contributed by atoms with van der Waals surface area (Å²) in [5.41, 5.74) is 0.971. The monoisotopic (exact) mass is 255 g/mol. The van der Waals surface area contributed by atoms with E-state index in [1.54, 1.807) is 11.3 Å². The lowest BCUT2D eigenvalue weighted by Crippen LogP contribution is -2.21. The Labute approximate surface area is 102 Å². The fraction of sp³-hybridized carbons (Fsp3) is 0.364. The summed E-state index contributed by atoms with van der Waals surface area (Å²) in [5.74, 6) is 0. The van der Waals surface area contributed by atoms with E-state index in [-0.39, 0.29) is 6.10 Å². The van der Waals surface area contributed by atoms with Gasteiger partial charge in [-0.15, -0.1) is 11.3 Å². The van der Waals surface area contributed by atoms with E-state index in [1.807, 2.05) is 18.2 Å². The van der Waals surface area contributed by atoms with Crippen molar-refractivity contribution in [2.75, 3.05) is 19.8 Å². The molecule has 16 heavy (non-hydrogen) atoms. The van der Waals surface area contributed by atoms with Gasteiger partial charge in [0, 0.05) is 5.02 Å². The van der Waals surface area contributed by atoms with Crippen molar-refractivity contribution in [3.05, 3.63) is 28.2 Å². The van der Waals surface area contributed by atoms with Crippen LogP contribution in [0.2, 0.25) is 5.02 Å². The third kappa shape index (κ3) is 1.94. The molecular weight excluding hydrogens is 246 g/mol. The molecule has 0 spiro atoms. The minimum absolute atomic E-state index is 0.0232. The molecule has 3 nitrogen and oxygen atoms in total. The van der Waals surface area contributed by atoms with Gasteiger partial charge in [0.15, 0.2) is 0 Å². The van der Waals surface area contributed by atoms with Crippen LogP contribution in [0.4, 0.5) is 0 Å². The normalized spacial score (nSPS) is 21.4. The second-order valence-electron chi connectivity index (χ2n) is 3.60. The molecule has 0 unspecified atom stereocenters. The summed E-state index contributed by atoms with van der Waals surface area (Å²) < 4.78 is 12.1. The maximum Gasteiger partial charge on any atom is 0.132 e. The Kier molecular flexibility index (Phi) is 2.81. The van der Waals surface area contributed by atoms with Crippen LogP contribution in [0.15, 0.2) is 18.2 Å². The molecular formula is C11H10ClNO2S. The molecule has 0 aliphatic carbocycles. The Morgan fingerprint density at radius 3 is 3.12 bits per heavy atom. The maximum absolute atomic E-state index is 5.94. The van der Waals surface area contributed by atoms with Crippen LogP contribution in [0.5, 0.6) is 0 Å². The predicted octanol–water partition coefficient (Wildman–Crippen LogP) is 3.04. The number of hydrogen-bond acceptors (Lipinski definition) is 4. The summed E-state index contributed by atoms with van der Waals surface area (Å²) in [7, 11) is 0. The number of aromatic nitrogens is 1. The molecule has 0 bridgehead atoms. The number of hydrogen-bond donors (Lipinski definition) is 0. The fourth-order valence-corrected chi connectivity index (χ4v) is 2.96. The van der Waals surface area contributed by atoms with Crippen LogP contribution in [0.25, 0.3) is 10.2 Å². The van der Waals surface area contributed by atoms with E-state index in [9.17, 15) is 0 Å². The van der Waals surface area contributed by atoms with Crippen LogP contribution >= 0.6 is 22.9 Å². The number of nitrogens with zero attached hydrogens (tertiary/aromatic N) is 1. The maximum atomic E-state index is 5.94. The first-order chi connectivity index (χ1) is 7.83. The zero-order chi connectivity index (χ0) is 11.0. The lowest BCUT2D eigenvalue weighted by molar-refractivity contribution is -0.0901. The number of rotatable bonds is 1. The number of thiazole rings is 1. The van der Waals surface area contributed by atoms with Crippen LogP contribution in [-0.4, -0.2) is 24.8 Å². The largest absolute Gasteiger partial charge is 0.376 e. The molecule has 3 rings (SSSR count). The second kappa shape index (κ2) is 4.30. The molecule has 1 saturated heterocycles. The molecule has 1 aromatic carbocycles. The van der Waals surface area contributed by atoms with Crippen molar-refractivity contribution in [2.45, 2.75) is 6.10 Å². The van der Waals surface area contributed by atoms with E-state index < -0.39 is 0 Å². The Balaban J connectivity index is 1.97. The van der Waals surface area contributed by atoms with Crippen molar-refractivity contribution < 1.29 is 9.47 Å². The van der Waals surface area contributed by atoms with Crippen molar-refractivity contribution in [3.63, 3.8) is 0 Å². The van der Waals surface area contributed by atoms with Crippen molar-refractivity contribution in [1.82, 2.24) is 4.98 Å². The van der Waals surface area contributed by atoms with Gasteiger partial charge in [-0.05, 0) is 18.2 Å². The third-order valence-electron chi connectivity index (χ3n) is 2.46. The number of ether oxygens (including phenoxy) is 2. The summed E-state index contributed by atoms with van der Waals surface area (Å²) in [6.45, 7) is 1.90. The quantitative estimate of drug-likeness (QED) is 0.785. The van der Waals surface area contributed by atoms with Gasteiger partial charge in [0.05, 0.1) is 30.0 Å². The van der Waals surface area contributed by atoms with Gasteiger partial charge in [0.1, 0.15) is 11.1 Å². The predicted molar refractivity (Wildman–Crippen MR) is 64.1 cm³/mol. The zero-order valence-electron chi connectivity index (χ0n) is 8.48. The first-order valence-electron chi connectivity index (χ1n) is 5.08. The highest BCUT2D eigenvalue weighted by molar-refractivity contribution is 7.18. The summed E-state index contributed by atoms with van der Waals surface area (Å²) in [4.78, 5) is 4.53.